The lowest BCUT2D eigenvalue weighted by atomic mass is 10.0. The number of nitrogens with one attached hydrogen (secondary N) is 1. The number of aryl methyl sites for hydroxylation is 2. The summed E-state index contributed by atoms with van der Waals surface area (Å²) in [5.74, 6) is -0.889. The number of benzene rings is 2. The molecule has 4 nitrogen and oxygen atoms in total. The Bertz CT molecular complexity index is 666. The molecule has 0 spiro atoms. The SMILES string of the molecule is Cc1ccc(C(=O)NC(C(N)=O)c2ccccc2)c(C)c1. The van der Waals surface area contributed by atoms with Gasteiger partial charge in [0.05, 0.1) is 0 Å². The van der Waals surface area contributed by atoms with Gasteiger partial charge in [0.1, 0.15) is 6.04 Å². The second-order valence-electron chi connectivity index (χ2n) is 5.04. The Kier molecular flexibility index (Phi) is 4.38. The van der Waals surface area contributed by atoms with Crippen molar-refractivity contribution in [3.05, 3.63) is 70.8 Å². The van der Waals surface area contributed by atoms with E-state index in [1.165, 1.54) is 0 Å². The minimum atomic E-state index is -0.834. The number of nitrogens with two attached hydrogens (primary N) is 1. The highest BCUT2D eigenvalue weighted by atomic mass is 16.2. The summed E-state index contributed by atoms with van der Waals surface area (Å²) in [7, 11) is 0. The first kappa shape index (κ1) is 14.8. The van der Waals surface area contributed by atoms with Crippen molar-refractivity contribution in [1.82, 2.24) is 5.32 Å². The number of primary amides is 1. The Morgan fingerprint density at radius 2 is 1.71 bits per heavy atom. The average molecular weight is 282 g/mol. The van der Waals surface area contributed by atoms with Crippen LogP contribution in [0.1, 0.15) is 33.1 Å². The molecule has 0 heterocycles. The van der Waals surface area contributed by atoms with Crippen LogP contribution in [0, 0.1) is 13.8 Å². The Morgan fingerprint density at radius 3 is 2.29 bits per heavy atom. The van der Waals surface area contributed by atoms with Crippen molar-refractivity contribution in [3.8, 4) is 0 Å². The van der Waals surface area contributed by atoms with Crippen molar-refractivity contribution in [3.63, 3.8) is 0 Å². The maximum absolute atomic E-state index is 12.3. The van der Waals surface area contributed by atoms with Crippen molar-refractivity contribution in [2.24, 2.45) is 5.73 Å². The van der Waals surface area contributed by atoms with E-state index in [1.807, 2.05) is 32.0 Å². The van der Waals surface area contributed by atoms with Crippen LogP contribution in [0.15, 0.2) is 48.5 Å². The van der Waals surface area contributed by atoms with Gasteiger partial charge in [0.15, 0.2) is 0 Å². The van der Waals surface area contributed by atoms with Gasteiger partial charge in [-0.25, -0.2) is 0 Å². The van der Waals surface area contributed by atoms with Crippen LogP contribution in [0.4, 0.5) is 0 Å². The first-order valence-electron chi connectivity index (χ1n) is 6.71. The van der Waals surface area contributed by atoms with E-state index >= 15 is 0 Å². The lowest BCUT2D eigenvalue weighted by Gasteiger charge is -2.16. The van der Waals surface area contributed by atoms with Crippen LogP contribution in [0.3, 0.4) is 0 Å². The zero-order chi connectivity index (χ0) is 15.4. The molecule has 0 saturated heterocycles. The highest BCUT2D eigenvalue weighted by Gasteiger charge is 2.21. The van der Waals surface area contributed by atoms with Gasteiger partial charge in [0.2, 0.25) is 5.91 Å². The normalized spacial score (nSPS) is 11.7. The summed E-state index contributed by atoms with van der Waals surface area (Å²) in [5, 5.41) is 2.70. The fourth-order valence-electron chi connectivity index (χ4n) is 2.24. The zero-order valence-corrected chi connectivity index (χ0v) is 12.1. The molecule has 0 aliphatic heterocycles. The topological polar surface area (TPSA) is 72.2 Å². The zero-order valence-electron chi connectivity index (χ0n) is 12.1. The average Bonchev–Trinajstić information content (AvgIpc) is 2.45. The third-order valence-corrected chi connectivity index (χ3v) is 3.32. The third kappa shape index (κ3) is 3.48. The first-order chi connectivity index (χ1) is 9.99. The smallest absolute Gasteiger partial charge is 0.252 e. The summed E-state index contributed by atoms with van der Waals surface area (Å²) in [6, 6.07) is 13.7. The summed E-state index contributed by atoms with van der Waals surface area (Å²) >= 11 is 0. The van der Waals surface area contributed by atoms with Gasteiger partial charge in [0, 0.05) is 5.56 Å². The number of carbonyl (C=O) groups is 2. The number of carbonyl (C=O) groups excluding carboxylic acids is 2. The quantitative estimate of drug-likeness (QED) is 0.902. The van der Waals surface area contributed by atoms with E-state index in [1.54, 1.807) is 30.3 Å². The predicted octanol–water partition coefficient (Wildman–Crippen LogP) is 2.26. The predicted molar refractivity (Wildman–Crippen MR) is 81.8 cm³/mol. The minimum absolute atomic E-state index is 0.305. The van der Waals surface area contributed by atoms with Gasteiger partial charge in [-0.2, -0.15) is 0 Å². The van der Waals surface area contributed by atoms with Crippen LogP contribution in [0.2, 0.25) is 0 Å². The second-order valence-corrected chi connectivity index (χ2v) is 5.04. The van der Waals surface area contributed by atoms with Crippen molar-refractivity contribution in [2.75, 3.05) is 0 Å². The lowest BCUT2D eigenvalue weighted by molar-refractivity contribution is -0.120. The number of amides is 2. The lowest BCUT2D eigenvalue weighted by Crippen LogP contribution is -2.37. The molecular formula is C17H18N2O2. The van der Waals surface area contributed by atoms with Gasteiger partial charge in [0.25, 0.3) is 5.91 Å². The fourth-order valence-corrected chi connectivity index (χ4v) is 2.24. The molecular weight excluding hydrogens is 264 g/mol. The molecule has 2 aromatic rings. The van der Waals surface area contributed by atoms with E-state index in [0.717, 1.165) is 11.1 Å². The molecule has 2 aromatic carbocycles. The third-order valence-electron chi connectivity index (χ3n) is 3.32. The summed E-state index contributed by atoms with van der Waals surface area (Å²) in [5.41, 5.74) is 8.56. The summed E-state index contributed by atoms with van der Waals surface area (Å²) in [4.78, 5) is 24.0. The van der Waals surface area contributed by atoms with Crippen LogP contribution in [0.25, 0.3) is 0 Å². The molecule has 2 amide bonds. The molecule has 0 radical (unpaired) electrons. The second kappa shape index (κ2) is 6.22. The molecule has 21 heavy (non-hydrogen) atoms. The number of rotatable bonds is 4. The molecule has 0 bridgehead atoms. The van der Waals surface area contributed by atoms with E-state index < -0.39 is 11.9 Å². The van der Waals surface area contributed by atoms with Crippen LogP contribution < -0.4 is 11.1 Å². The van der Waals surface area contributed by atoms with Gasteiger partial charge >= 0.3 is 0 Å². The van der Waals surface area contributed by atoms with Crippen molar-refractivity contribution < 1.29 is 9.59 Å². The van der Waals surface area contributed by atoms with Crippen molar-refractivity contribution in [1.29, 1.82) is 0 Å². The molecule has 2 rings (SSSR count). The monoisotopic (exact) mass is 282 g/mol. The van der Waals surface area contributed by atoms with Gasteiger partial charge in [-0.05, 0) is 31.0 Å². The Labute approximate surface area is 124 Å². The van der Waals surface area contributed by atoms with Crippen molar-refractivity contribution in [2.45, 2.75) is 19.9 Å². The van der Waals surface area contributed by atoms with E-state index in [0.29, 0.717) is 11.1 Å². The molecule has 0 aromatic heterocycles. The van der Waals surface area contributed by atoms with Gasteiger partial charge in [-0.15, -0.1) is 0 Å². The molecule has 3 N–H and O–H groups in total. The van der Waals surface area contributed by atoms with E-state index in [2.05, 4.69) is 5.32 Å². The van der Waals surface area contributed by atoms with Crippen LogP contribution in [-0.2, 0) is 4.79 Å². The molecule has 0 saturated carbocycles. The maximum atomic E-state index is 12.3. The molecule has 4 heteroatoms. The van der Waals surface area contributed by atoms with E-state index in [9.17, 15) is 9.59 Å². The van der Waals surface area contributed by atoms with Crippen LogP contribution in [-0.4, -0.2) is 11.8 Å². The summed E-state index contributed by atoms with van der Waals surface area (Å²) < 4.78 is 0. The number of hydrogen-bond acceptors (Lipinski definition) is 2. The highest BCUT2D eigenvalue weighted by molar-refractivity contribution is 5.98. The fraction of sp³-hybridized carbons (Fsp3) is 0.176. The first-order valence-corrected chi connectivity index (χ1v) is 6.71. The van der Waals surface area contributed by atoms with E-state index in [-0.39, 0.29) is 5.91 Å². The molecule has 0 aliphatic rings. The highest BCUT2D eigenvalue weighted by Crippen LogP contribution is 2.15. The van der Waals surface area contributed by atoms with Gasteiger partial charge in [-0.1, -0.05) is 48.0 Å². The Balaban J connectivity index is 2.25. The van der Waals surface area contributed by atoms with Gasteiger partial charge < -0.3 is 11.1 Å². The molecule has 0 aliphatic carbocycles. The molecule has 1 atom stereocenters. The Hall–Kier alpha value is -2.62. The van der Waals surface area contributed by atoms with Crippen LogP contribution in [0.5, 0.6) is 0 Å². The summed E-state index contributed by atoms with van der Waals surface area (Å²) in [6.45, 7) is 3.83. The maximum Gasteiger partial charge on any atom is 0.252 e. The standard InChI is InChI=1S/C17H18N2O2/c1-11-8-9-14(12(2)10-11)17(21)19-15(16(18)20)13-6-4-3-5-7-13/h3-10,15H,1-2H3,(H2,18,20)(H,19,21). The number of hydrogen-bond donors (Lipinski definition) is 2. The van der Waals surface area contributed by atoms with E-state index in [4.69, 9.17) is 5.73 Å². The Morgan fingerprint density at radius 1 is 1.05 bits per heavy atom. The largest absolute Gasteiger partial charge is 0.368 e. The van der Waals surface area contributed by atoms with Gasteiger partial charge in [-0.3, -0.25) is 9.59 Å². The van der Waals surface area contributed by atoms with Crippen LogP contribution >= 0.6 is 0 Å². The molecule has 1 unspecified atom stereocenters. The van der Waals surface area contributed by atoms with Crippen molar-refractivity contribution >= 4 is 11.8 Å². The molecule has 0 fully saturated rings. The minimum Gasteiger partial charge on any atom is -0.368 e. The molecule has 108 valence electrons. The summed E-state index contributed by atoms with van der Waals surface area (Å²) in [6.07, 6.45) is 0.